The third kappa shape index (κ3) is 5.10. The van der Waals surface area contributed by atoms with Gasteiger partial charge in [-0.2, -0.15) is 0 Å². The smallest absolute Gasteiger partial charge is 0.251 e. The number of halogens is 1. The first-order valence-electron chi connectivity index (χ1n) is 8.00. The lowest BCUT2D eigenvalue weighted by molar-refractivity contribution is 0.0951. The first kappa shape index (κ1) is 17.1. The van der Waals surface area contributed by atoms with E-state index < -0.39 is 0 Å². The van der Waals surface area contributed by atoms with Gasteiger partial charge in [0.25, 0.3) is 5.91 Å². The fourth-order valence-electron chi connectivity index (χ4n) is 2.33. The Morgan fingerprint density at radius 3 is 2.20 bits per heavy atom. The summed E-state index contributed by atoms with van der Waals surface area (Å²) in [6.07, 6.45) is 0. The fraction of sp³-hybridized carbons (Fsp3) is 0.0952. The van der Waals surface area contributed by atoms with E-state index in [2.05, 4.69) is 5.32 Å². The lowest BCUT2D eigenvalue weighted by atomic mass is 10.1. The van der Waals surface area contributed by atoms with Gasteiger partial charge in [0.05, 0.1) is 0 Å². The van der Waals surface area contributed by atoms with Crippen LogP contribution in [0.2, 0.25) is 5.02 Å². The molecule has 1 amide bonds. The van der Waals surface area contributed by atoms with Crippen LogP contribution in [0.1, 0.15) is 21.5 Å². The largest absolute Gasteiger partial charge is 0.489 e. The predicted molar refractivity (Wildman–Crippen MR) is 99.8 cm³/mol. The molecule has 126 valence electrons. The Morgan fingerprint density at radius 1 is 0.840 bits per heavy atom. The average molecular weight is 352 g/mol. The molecule has 0 atom stereocenters. The quantitative estimate of drug-likeness (QED) is 0.689. The molecule has 0 spiro atoms. The molecule has 0 aliphatic carbocycles. The SMILES string of the molecule is O=C(NCc1ccccc1)c1ccc(COc2ccc(Cl)cc2)cc1. The summed E-state index contributed by atoms with van der Waals surface area (Å²) in [7, 11) is 0. The van der Waals surface area contributed by atoms with E-state index in [0.717, 1.165) is 16.9 Å². The van der Waals surface area contributed by atoms with Crippen LogP contribution in [0, 0.1) is 0 Å². The first-order valence-corrected chi connectivity index (χ1v) is 8.38. The minimum Gasteiger partial charge on any atom is -0.489 e. The summed E-state index contributed by atoms with van der Waals surface area (Å²) in [5.41, 5.74) is 2.70. The van der Waals surface area contributed by atoms with E-state index in [1.54, 1.807) is 24.3 Å². The molecule has 25 heavy (non-hydrogen) atoms. The van der Waals surface area contributed by atoms with Crippen molar-refractivity contribution in [3.8, 4) is 5.75 Å². The van der Waals surface area contributed by atoms with Gasteiger partial charge in [0.15, 0.2) is 0 Å². The highest BCUT2D eigenvalue weighted by Crippen LogP contribution is 2.17. The predicted octanol–water partition coefficient (Wildman–Crippen LogP) is 4.85. The van der Waals surface area contributed by atoms with Gasteiger partial charge in [0, 0.05) is 17.1 Å². The highest BCUT2D eigenvalue weighted by Gasteiger charge is 2.05. The summed E-state index contributed by atoms with van der Waals surface area (Å²) in [5, 5.41) is 3.59. The molecule has 4 heteroatoms. The van der Waals surface area contributed by atoms with Gasteiger partial charge in [-0.15, -0.1) is 0 Å². The molecule has 0 aromatic heterocycles. The Balaban J connectivity index is 1.52. The van der Waals surface area contributed by atoms with E-state index in [9.17, 15) is 4.79 Å². The highest BCUT2D eigenvalue weighted by molar-refractivity contribution is 6.30. The highest BCUT2D eigenvalue weighted by atomic mass is 35.5. The zero-order valence-corrected chi connectivity index (χ0v) is 14.4. The molecule has 0 heterocycles. The summed E-state index contributed by atoms with van der Waals surface area (Å²) in [6, 6.07) is 24.5. The number of amides is 1. The molecule has 0 aliphatic heterocycles. The molecular weight excluding hydrogens is 334 g/mol. The van der Waals surface area contributed by atoms with Crippen molar-refractivity contribution in [1.82, 2.24) is 5.32 Å². The van der Waals surface area contributed by atoms with E-state index in [1.807, 2.05) is 54.6 Å². The van der Waals surface area contributed by atoms with Crippen molar-refractivity contribution in [1.29, 1.82) is 0 Å². The Hall–Kier alpha value is -2.78. The molecule has 3 aromatic carbocycles. The second-order valence-corrected chi connectivity index (χ2v) is 6.04. The molecule has 0 fully saturated rings. The average Bonchev–Trinajstić information content (AvgIpc) is 2.67. The molecule has 3 aromatic rings. The van der Waals surface area contributed by atoms with Crippen molar-refractivity contribution in [2.75, 3.05) is 0 Å². The van der Waals surface area contributed by atoms with Gasteiger partial charge in [0.1, 0.15) is 12.4 Å². The molecule has 0 saturated carbocycles. The van der Waals surface area contributed by atoms with Gasteiger partial charge in [-0.1, -0.05) is 54.1 Å². The Morgan fingerprint density at radius 2 is 1.52 bits per heavy atom. The number of ether oxygens (including phenoxy) is 1. The van der Waals surface area contributed by atoms with Gasteiger partial charge in [0.2, 0.25) is 0 Å². The number of benzene rings is 3. The van der Waals surface area contributed by atoms with Gasteiger partial charge in [-0.05, 0) is 47.5 Å². The van der Waals surface area contributed by atoms with Gasteiger partial charge in [-0.25, -0.2) is 0 Å². The number of hydrogen-bond acceptors (Lipinski definition) is 2. The zero-order chi connectivity index (χ0) is 17.5. The maximum Gasteiger partial charge on any atom is 0.251 e. The zero-order valence-electron chi connectivity index (χ0n) is 13.6. The summed E-state index contributed by atoms with van der Waals surface area (Å²) >= 11 is 5.85. The van der Waals surface area contributed by atoms with Crippen molar-refractivity contribution < 1.29 is 9.53 Å². The third-order valence-corrected chi connectivity index (χ3v) is 3.98. The maximum atomic E-state index is 12.2. The lowest BCUT2D eigenvalue weighted by Crippen LogP contribution is -2.22. The molecule has 0 aliphatic rings. The topological polar surface area (TPSA) is 38.3 Å². The van der Waals surface area contributed by atoms with Crippen LogP contribution in [0.5, 0.6) is 5.75 Å². The molecular formula is C21H18ClNO2. The normalized spacial score (nSPS) is 10.3. The second kappa shape index (κ2) is 8.36. The summed E-state index contributed by atoms with van der Waals surface area (Å²) in [4.78, 5) is 12.2. The molecule has 3 nitrogen and oxygen atoms in total. The Bertz CT molecular complexity index is 815. The van der Waals surface area contributed by atoms with Crippen LogP contribution < -0.4 is 10.1 Å². The number of rotatable bonds is 6. The lowest BCUT2D eigenvalue weighted by Gasteiger charge is -2.08. The summed E-state index contributed by atoms with van der Waals surface area (Å²) in [5.74, 6) is 0.670. The van der Waals surface area contributed by atoms with E-state index >= 15 is 0 Å². The van der Waals surface area contributed by atoms with E-state index in [4.69, 9.17) is 16.3 Å². The third-order valence-electron chi connectivity index (χ3n) is 3.73. The van der Waals surface area contributed by atoms with Crippen LogP contribution in [0.4, 0.5) is 0 Å². The summed E-state index contributed by atoms with van der Waals surface area (Å²) < 4.78 is 5.69. The molecule has 0 bridgehead atoms. The first-order chi connectivity index (χ1) is 12.2. The van der Waals surface area contributed by atoms with Crippen molar-refractivity contribution in [2.24, 2.45) is 0 Å². The molecule has 1 N–H and O–H groups in total. The van der Waals surface area contributed by atoms with Crippen LogP contribution >= 0.6 is 11.6 Å². The minimum absolute atomic E-state index is 0.0889. The number of nitrogens with one attached hydrogen (secondary N) is 1. The van der Waals surface area contributed by atoms with Crippen LogP contribution in [-0.2, 0) is 13.2 Å². The minimum atomic E-state index is -0.0889. The Kier molecular flexibility index (Phi) is 5.70. The molecule has 0 unspecified atom stereocenters. The molecule has 3 rings (SSSR count). The van der Waals surface area contributed by atoms with Gasteiger partial charge >= 0.3 is 0 Å². The van der Waals surface area contributed by atoms with Gasteiger partial charge in [-0.3, -0.25) is 4.79 Å². The van der Waals surface area contributed by atoms with E-state index in [1.165, 1.54) is 0 Å². The van der Waals surface area contributed by atoms with Crippen molar-refractivity contribution in [2.45, 2.75) is 13.2 Å². The monoisotopic (exact) mass is 351 g/mol. The van der Waals surface area contributed by atoms with Crippen molar-refractivity contribution >= 4 is 17.5 Å². The second-order valence-electron chi connectivity index (χ2n) is 5.61. The number of carbonyl (C=O) groups excluding carboxylic acids is 1. The number of carbonyl (C=O) groups is 1. The molecule has 0 radical (unpaired) electrons. The fourth-order valence-corrected chi connectivity index (χ4v) is 2.46. The maximum absolute atomic E-state index is 12.2. The number of hydrogen-bond donors (Lipinski definition) is 1. The van der Waals surface area contributed by atoms with Crippen LogP contribution in [0.25, 0.3) is 0 Å². The van der Waals surface area contributed by atoms with Crippen LogP contribution in [-0.4, -0.2) is 5.91 Å². The summed E-state index contributed by atoms with van der Waals surface area (Å²) in [6.45, 7) is 0.953. The van der Waals surface area contributed by atoms with Crippen molar-refractivity contribution in [3.63, 3.8) is 0 Å². The van der Waals surface area contributed by atoms with Crippen molar-refractivity contribution in [3.05, 3.63) is 101 Å². The van der Waals surface area contributed by atoms with Gasteiger partial charge < -0.3 is 10.1 Å². The van der Waals surface area contributed by atoms with E-state index in [-0.39, 0.29) is 5.91 Å². The van der Waals surface area contributed by atoms with Crippen LogP contribution in [0.3, 0.4) is 0 Å². The molecule has 0 saturated heterocycles. The standard InChI is InChI=1S/C21H18ClNO2/c22-19-10-12-20(13-11-19)25-15-17-6-8-18(9-7-17)21(24)23-14-16-4-2-1-3-5-16/h1-13H,14-15H2,(H,23,24). The van der Waals surface area contributed by atoms with E-state index in [0.29, 0.717) is 23.7 Å². The Labute approximate surface area is 152 Å². The van der Waals surface area contributed by atoms with Crippen LogP contribution in [0.15, 0.2) is 78.9 Å².